The molecule has 0 radical (unpaired) electrons. The number of hydrogen-bond donors (Lipinski definition) is 2. The van der Waals surface area contributed by atoms with Gasteiger partial charge in [0.05, 0.1) is 18.6 Å². The fourth-order valence-corrected chi connectivity index (χ4v) is 2.31. The Balaban J connectivity index is 1.99. The average Bonchev–Trinajstić information content (AvgIpc) is 2.54. The van der Waals surface area contributed by atoms with E-state index in [-0.39, 0.29) is 24.4 Å². The molecule has 2 aromatic rings. The highest BCUT2D eigenvalue weighted by Crippen LogP contribution is 2.16. The van der Waals surface area contributed by atoms with Crippen LogP contribution in [0.15, 0.2) is 54.6 Å². The van der Waals surface area contributed by atoms with E-state index in [4.69, 9.17) is 0 Å². The van der Waals surface area contributed by atoms with E-state index < -0.39 is 5.92 Å². The van der Waals surface area contributed by atoms with Crippen molar-refractivity contribution in [1.82, 2.24) is 5.32 Å². The van der Waals surface area contributed by atoms with Gasteiger partial charge in [-0.1, -0.05) is 42.5 Å². The van der Waals surface area contributed by atoms with Crippen LogP contribution >= 0.6 is 0 Å². The average molecular weight is 301 g/mol. The third-order valence-electron chi connectivity index (χ3n) is 3.63. The smallest absolute Gasteiger partial charge is 0.227 e. The summed E-state index contributed by atoms with van der Waals surface area (Å²) in [4.78, 5) is 12.3. The van der Waals surface area contributed by atoms with Crippen molar-refractivity contribution in [2.45, 2.75) is 25.3 Å². The third kappa shape index (κ3) is 4.40. The molecule has 2 rings (SSSR count). The van der Waals surface area contributed by atoms with Crippen molar-refractivity contribution in [2.24, 2.45) is 0 Å². The highest BCUT2D eigenvalue weighted by atomic mass is 19.1. The zero-order valence-corrected chi connectivity index (χ0v) is 12.5. The Morgan fingerprint density at radius 1 is 1.18 bits per heavy atom. The summed E-state index contributed by atoms with van der Waals surface area (Å²) in [7, 11) is 0. The highest BCUT2D eigenvalue weighted by molar-refractivity contribution is 5.83. The molecular formula is C18H20FNO2. The molecule has 2 atom stereocenters. The quantitative estimate of drug-likeness (QED) is 0.862. The minimum atomic E-state index is -0.472. The predicted octanol–water partition coefficient (Wildman–Crippen LogP) is 2.65. The standard InChI is InChI=1S/C18H20FNO2/c1-13(15-8-5-9-16(19)11-15)18(22)20-17(12-21)10-14-6-3-2-4-7-14/h2-9,11,13,17,21H,10,12H2,1H3,(H,20,22). The highest BCUT2D eigenvalue weighted by Gasteiger charge is 2.19. The number of rotatable bonds is 6. The predicted molar refractivity (Wildman–Crippen MR) is 84.0 cm³/mol. The van der Waals surface area contributed by atoms with Crippen LogP contribution in [-0.4, -0.2) is 23.7 Å². The second-order valence-corrected chi connectivity index (χ2v) is 5.35. The summed E-state index contributed by atoms with van der Waals surface area (Å²) in [6.07, 6.45) is 0.555. The summed E-state index contributed by atoms with van der Waals surface area (Å²) in [6.45, 7) is 1.58. The van der Waals surface area contributed by atoms with Crippen LogP contribution in [0, 0.1) is 5.82 Å². The summed E-state index contributed by atoms with van der Waals surface area (Å²) in [5.41, 5.74) is 1.66. The first kappa shape index (κ1) is 16.2. The normalized spacial score (nSPS) is 13.4. The number of amides is 1. The summed E-state index contributed by atoms with van der Waals surface area (Å²) < 4.78 is 13.2. The molecule has 0 aromatic heterocycles. The molecule has 116 valence electrons. The van der Waals surface area contributed by atoms with Crippen molar-refractivity contribution < 1.29 is 14.3 Å². The molecule has 4 heteroatoms. The Kier molecular flexibility index (Phi) is 5.67. The van der Waals surface area contributed by atoms with Crippen molar-refractivity contribution in [3.63, 3.8) is 0 Å². The largest absolute Gasteiger partial charge is 0.394 e. The van der Waals surface area contributed by atoms with Gasteiger partial charge in [0.2, 0.25) is 5.91 Å². The first-order chi connectivity index (χ1) is 10.6. The maximum Gasteiger partial charge on any atom is 0.227 e. The van der Waals surface area contributed by atoms with E-state index in [0.717, 1.165) is 5.56 Å². The molecule has 0 saturated carbocycles. The zero-order valence-electron chi connectivity index (χ0n) is 12.5. The molecule has 0 heterocycles. The van der Waals surface area contributed by atoms with Gasteiger partial charge in [-0.2, -0.15) is 0 Å². The molecule has 0 saturated heterocycles. The molecule has 1 amide bonds. The fraction of sp³-hybridized carbons (Fsp3) is 0.278. The summed E-state index contributed by atoms with van der Waals surface area (Å²) in [5.74, 6) is -1.05. The fourth-order valence-electron chi connectivity index (χ4n) is 2.31. The van der Waals surface area contributed by atoms with Crippen molar-refractivity contribution in [3.05, 3.63) is 71.5 Å². The molecule has 0 fully saturated rings. The summed E-state index contributed by atoms with van der Waals surface area (Å²) >= 11 is 0. The molecule has 0 aliphatic rings. The van der Waals surface area contributed by atoms with E-state index in [9.17, 15) is 14.3 Å². The number of aliphatic hydroxyl groups is 1. The van der Waals surface area contributed by atoms with Gasteiger partial charge in [-0.05, 0) is 36.6 Å². The molecule has 22 heavy (non-hydrogen) atoms. The van der Waals surface area contributed by atoms with Crippen LogP contribution in [0.2, 0.25) is 0 Å². The van der Waals surface area contributed by atoms with Gasteiger partial charge in [0.1, 0.15) is 5.82 Å². The topological polar surface area (TPSA) is 49.3 Å². The lowest BCUT2D eigenvalue weighted by Crippen LogP contribution is -2.41. The van der Waals surface area contributed by atoms with Crippen LogP contribution in [0.5, 0.6) is 0 Å². The monoisotopic (exact) mass is 301 g/mol. The molecule has 2 aromatic carbocycles. The van der Waals surface area contributed by atoms with Gasteiger partial charge in [-0.25, -0.2) is 4.39 Å². The Morgan fingerprint density at radius 2 is 1.91 bits per heavy atom. The second-order valence-electron chi connectivity index (χ2n) is 5.35. The van der Waals surface area contributed by atoms with Crippen LogP contribution in [0.3, 0.4) is 0 Å². The van der Waals surface area contributed by atoms with Crippen LogP contribution in [0.1, 0.15) is 24.0 Å². The first-order valence-corrected chi connectivity index (χ1v) is 7.30. The van der Waals surface area contributed by atoms with Crippen LogP contribution in [0.4, 0.5) is 4.39 Å². The van der Waals surface area contributed by atoms with E-state index in [0.29, 0.717) is 12.0 Å². The van der Waals surface area contributed by atoms with E-state index >= 15 is 0 Å². The molecule has 0 aliphatic heterocycles. The first-order valence-electron chi connectivity index (χ1n) is 7.30. The lowest BCUT2D eigenvalue weighted by Gasteiger charge is -2.19. The van der Waals surface area contributed by atoms with Crippen LogP contribution in [0.25, 0.3) is 0 Å². The SMILES string of the molecule is CC(C(=O)NC(CO)Cc1ccccc1)c1cccc(F)c1. The molecule has 0 aliphatic carbocycles. The maximum absolute atomic E-state index is 13.2. The Bertz CT molecular complexity index is 615. The number of nitrogens with one attached hydrogen (secondary N) is 1. The number of benzene rings is 2. The Morgan fingerprint density at radius 3 is 2.55 bits per heavy atom. The third-order valence-corrected chi connectivity index (χ3v) is 3.63. The van der Waals surface area contributed by atoms with E-state index in [2.05, 4.69) is 5.32 Å². The lowest BCUT2D eigenvalue weighted by molar-refractivity contribution is -0.123. The van der Waals surface area contributed by atoms with Gasteiger partial charge < -0.3 is 10.4 Å². The van der Waals surface area contributed by atoms with Crippen molar-refractivity contribution >= 4 is 5.91 Å². The van der Waals surface area contributed by atoms with Crippen LogP contribution < -0.4 is 5.32 Å². The van der Waals surface area contributed by atoms with Crippen molar-refractivity contribution in [1.29, 1.82) is 0 Å². The summed E-state index contributed by atoms with van der Waals surface area (Å²) in [5, 5.41) is 12.3. The van der Waals surface area contributed by atoms with E-state index in [1.807, 2.05) is 30.3 Å². The van der Waals surface area contributed by atoms with Crippen LogP contribution in [-0.2, 0) is 11.2 Å². The Hall–Kier alpha value is -2.20. The van der Waals surface area contributed by atoms with Gasteiger partial charge in [0, 0.05) is 0 Å². The van der Waals surface area contributed by atoms with Gasteiger partial charge >= 0.3 is 0 Å². The molecule has 0 spiro atoms. The van der Waals surface area contributed by atoms with Crippen molar-refractivity contribution in [2.75, 3.05) is 6.61 Å². The zero-order chi connectivity index (χ0) is 15.9. The van der Waals surface area contributed by atoms with Gasteiger partial charge in [0.25, 0.3) is 0 Å². The molecule has 2 unspecified atom stereocenters. The Labute approximate surface area is 129 Å². The second kappa shape index (κ2) is 7.71. The number of hydrogen-bond acceptors (Lipinski definition) is 2. The molecule has 0 bridgehead atoms. The molecule has 2 N–H and O–H groups in total. The van der Waals surface area contributed by atoms with E-state index in [1.165, 1.54) is 12.1 Å². The number of carbonyl (C=O) groups excluding carboxylic acids is 1. The minimum Gasteiger partial charge on any atom is -0.394 e. The molecule has 3 nitrogen and oxygen atoms in total. The molecular weight excluding hydrogens is 281 g/mol. The number of halogens is 1. The maximum atomic E-state index is 13.2. The van der Waals surface area contributed by atoms with Gasteiger partial charge in [0.15, 0.2) is 0 Å². The minimum absolute atomic E-state index is 0.142. The van der Waals surface area contributed by atoms with E-state index in [1.54, 1.807) is 19.1 Å². The van der Waals surface area contributed by atoms with Gasteiger partial charge in [-0.3, -0.25) is 4.79 Å². The van der Waals surface area contributed by atoms with Gasteiger partial charge in [-0.15, -0.1) is 0 Å². The summed E-state index contributed by atoms with van der Waals surface area (Å²) in [6, 6.07) is 15.3. The number of carbonyl (C=O) groups is 1. The van der Waals surface area contributed by atoms with Crippen molar-refractivity contribution in [3.8, 4) is 0 Å². The number of aliphatic hydroxyl groups excluding tert-OH is 1. The lowest BCUT2D eigenvalue weighted by atomic mass is 9.99.